The maximum absolute atomic E-state index is 12.5. The van der Waals surface area contributed by atoms with Gasteiger partial charge in [-0.25, -0.2) is 4.98 Å². The van der Waals surface area contributed by atoms with Crippen molar-refractivity contribution in [1.82, 2.24) is 9.97 Å². The number of hydrogen-bond acceptors (Lipinski definition) is 7. The van der Waals surface area contributed by atoms with Gasteiger partial charge in [0.15, 0.2) is 5.13 Å². The molecule has 0 spiro atoms. The first-order valence-electron chi connectivity index (χ1n) is 8.19. The lowest BCUT2D eigenvalue weighted by atomic mass is 10.1. The number of anilines is 1. The number of nitro groups is 2. The number of non-ortho nitro benzene ring substituents is 2. The van der Waals surface area contributed by atoms with E-state index in [-0.39, 0.29) is 10.7 Å². The number of hydrogen-bond donors (Lipinski definition) is 2. The standard InChI is InChI=1S/C18H11N5O5S/c24-17(10-5-11(22(25)26)7-12(6-10)23(27)28)21-18-20-16(9-29-18)14-8-19-15-4-2-1-3-13(14)15/h1-9,19H,(H,20,21,24). The molecule has 0 aliphatic rings. The van der Waals surface area contributed by atoms with Crippen LogP contribution >= 0.6 is 11.3 Å². The minimum atomic E-state index is -0.789. The van der Waals surface area contributed by atoms with Gasteiger partial charge in [0, 0.05) is 40.2 Å². The second kappa shape index (κ2) is 7.13. The van der Waals surface area contributed by atoms with Crippen molar-refractivity contribution in [2.24, 2.45) is 0 Å². The zero-order valence-electron chi connectivity index (χ0n) is 14.5. The molecule has 2 N–H and O–H groups in total. The van der Waals surface area contributed by atoms with Crippen molar-refractivity contribution in [3.05, 3.63) is 79.8 Å². The van der Waals surface area contributed by atoms with Gasteiger partial charge in [0.05, 0.1) is 27.2 Å². The summed E-state index contributed by atoms with van der Waals surface area (Å²) in [5, 5.41) is 27.5. The lowest BCUT2D eigenvalue weighted by Gasteiger charge is -2.02. The van der Waals surface area contributed by atoms with E-state index >= 15 is 0 Å². The largest absolute Gasteiger partial charge is 0.360 e. The molecule has 0 aliphatic heterocycles. The smallest absolute Gasteiger partial charge is 0.277 e. The Bertz CT molecular complexity index is 1250. The van der Waals surface area contributed by atoms with Crippen LogP contribution in [0.5, 0.6) is 0 Å². The summed E-state index contributed by atoms with van der Waals surface area (Å²) in [6.07, 6.45) is 1.81. The summed E-state index contributed by atoms with van der Waals surface area (Å²) in [6.45, 7) is 0. The number of aromatic nitrogens is 2. The Morgan fingerprint density at radius 1 is 1.07 bits per heavy atom. The molecule has 0 saturated carbocycles. The molecule has 2 aromatic heterocycles. The van der Waals surface area contributed by atoms with Crippen molar-refractivity contribution in [2.75, 3.05) is 5.32 Å². The molecule has 0 bridgehead atoms. The van der Waals surface area contributed by atoms with Crippen LogP contribution in [0, 0.1) is 20.2 Å². The van der Waals surface area contributed by atoms with Gasteiger partial charge in [0.1, 0.15) is 0 Å². The highest BCUT2D eigenvalue weighted by atomic mass is 32.1. The first-order chi connectivity index (χ1) is 13.9. The van der Waals surface area contributed by atoms with Gasteiger partial charge in [0.25, 0.3) is 17.3 Å². The Labute approximate surface area is 166 Å². The number of carbonyl (C=O) groups is 1. The molecule has 29 heavy (non-hydrogen) atoms. The van der Waals surface area contributed by atoms with Crippen molar-refractivity contribution < 1.29 is 14.6 Å². The van der Waals surface area contributed by atoms with Crippen LogP contribution in [-0.2, 0) is 0 Å². The molecule has 4 aromatic rings. The van der Waals surface area contributed by atoms with Gasteiger partial charge in [-0.1, -0.05) is 18.2 Å². The summed E-state index contributed by atoms with van der Waals surface area (Å²) in [6, 6.07) is 10.5. The highest BCUT2D eigenvalue weighted by Gasteiger charge is 2.20. The zero-order chi connectivity index (χ0) is 20.5. The molecule has 1 amide bonds. The van der Waals surface area contributed by atoms with Crippen LogP contribution in [0.3, 0.4) is 0 Å². The molecule has 0 unspecified atom stereocenters. The maximum atomic E-state index is 12.5. The lowest BCUT2D eigenvalue weighted by molar-refractivity contribution is -0.394. The predicted octanol–water partition coefficient (Wildman–Crippen LogP) is 4.36. The fourth-order valence-corrected chi connectivity index (χ4v) is 3.55. The number of benzene rings is 2. The third-order valence-electron chi connectivity index (χ3n) is 4.18. The fraction of sp³-hybridized carbons (Fsp3) is 0. The highest BCUT2D eigenvalue weighted by molar-refractivity contribution is 7.14. The number of nitrogens with zero attached hydrogens (tertiary/aromatic N) is 3. The summed E-state index contributed by atoms with van der Waals surface area (Å²) >= 11 is 1.18. The molecule has 10 nitrogen and oxygen atoms in total. The number of H-pyrrole nitrogens is 1. The van der Waals surface area contributed by atoms with Crippen LogP contribution in [0.15, 0.2) is 54.0 Å². The Morgan fingerprint density at radius 2 is 1.76 bits per heavy atom. The van der Waals surface area contributed by atoms with Gasteiger partial charge in [-0.05, 0) is 6.07 Å². The van der Waals surface area contributed by atoms with Gasteiger partial charge in [-0.3, -0.25) is 30.3 Å². The van der Waals surface area contributed by atoms with E-state index < -0.39 is 27.1 Å². The van der Waals surface area contributed by atoms with Gasteiger partial charge in [-0.15, -0.1) is 11.3 Å². The number of carbonyl (C=O) groups excluding carboxylic acids is 1. The Kier molecular flexibility index (Phi) is 4.49. The van der Waals surface area contributed by atoms with Crippen molar-refractivity contribution >= 4 is 44.7 Å². The molecule has 144 valence electrons. The van der Waals surface area contributed by atoms with E-state index in [1.807, 2.05) is 30.5 Å². The van der Waals surface area contributed by atoms with Crippen LogP contribution in [-0.4, -0.2) is 25.7 Å². The summed E-state index contributed by atoms with van der Waals surface area (Å²) < 4.78 is 0. The third-order valence-corrected chi connectivity index (χ3v) is 4.93. The first kappa shape index (κ1) is 18.3. The molecule has 0 aliphatic carbocycles. The van der Waals surface area contributed by atoms with Crippen LogP contribution in [0.1, 0.15) is 10.4 Å². The maximum Gasteiger partial charge on any atom is 0.277 e. The molecular weight excluding hydrogens is 398 g/mol. The molecule has 0 atom stereocenters. The second-order valence-electron chi connectivity index (χ2n) is 5.99. The molecule has 0 radical (unpaired) electrons. The summed E-state index contributed by atoms with van der Waals surface area (Å²) in [5.41, 5.74) is 1.18. The normalized spacial score (nSPS) is 10.8. The van der Waals surface area contributed by atoms with Gasteiger partial charge in [0.2, 0.25) is 0 Å². The van der Waals surface area contributed by atoms with E-state index in [1.165, 1.54) is 11.3 Å². The van der Waals surface area contributed by atoms with Crippen molar-refractivity contribution in [3.63, 3.8) is 0 Å². The van der Waals surface area contributed by atoms with Crippen LogP contribution in [0.25, 0.3) is 22.2 Å². The monoisotopic (exact) mass is 409 g/mol. The van der Waals surface area contributed by atoms with Crippen LogP contribution in [0.2, 0.25) is 0 Å². The minimum absolute atomic E-state index is 0.199. The fourth-order valence-electron chi connectivity index (χ4n) is 2.84. The van der Waals surface area contributed by atoms with Crippen molar-refractivity contribution in [1.29, 1.82) is 0 Å². The number of amides is 1. The van der Waals surface area contributed by atoms with E-state index in [1.54, 1.807) is 5.38 Å². The molecule has 0 fully saturated rings. The first-order valence-corrected chi connectivity index (χ1v) is 9.07. The number of aromatic amines is 1. The van der Waals surface area contributed by atoms with Crippen molar-refractivity contribution in [2.45, 2.75) is 0 Å². The van der Waals surface area contributed by atoms with Crippen LogP contribution in [0.4, 0.5) is 16.5 Å². The number of nitro benzene ring substituents is 2. The van der Waals surface area contributed by atoms with E-state index in [0.29, 0.717) is 5.69 Å². The number of fused-ring (bicyclic) bond motifs is 1. The summed E-state index contributed by atoms with van der Waals surface area (Å²) in [7, 11) is 0. The summed E-state index contributed by atoms with van der Waals surface area (Å²) in [5.74, 6) is -0.725. The average Bonchev–Trinajstić information content (AvgIpc) is 3.34. The molecule has 2 aromatic carbocycles. The third kappa shape index (κ3) is 3.53. The van der Waals surface area contributed by atoms with Crippen LogP contribution < -0.4 is 5.32 Å². The average molecular weight is 409 g/mol. The number of thiazole rings is 1. The summed E-state index contributed by atoms with van der Waals surface area (Å²) in [4.78, 5) is 40.4. The molecule has 11 heteroatoms. The van der Waals surface area contributed by atoms with Gasteiger partial charge >= 0.3 is 0 Å². The molecular formula is C18H11N5O5S. The minimum Gasteiger partial charge on any atom is -0.360 e. The number of rotatable bonds is 5. The van der Waals surface area contributed by atoms with Crippen molar-refractivity contribution in [3.8, 4) is 11.3 Å². The van der Waals surface area contributed by atoms with E-state index in [4.69, 9.17) is 0 Å². The SMILES string of the molecule is O=C(Nc1nc(-c2c[nH]c3ccccc23)cs1)c1cc([N+](=O)[O-])cc([N+](=O)[O-])c1. The number of para-hydroxylation sites is 1. The van der Waals surface area contributed by atoms with Gasteiger partial charge < -0.3 is 4.98 Å². The zero-order valence-corrected chi connectivity index (χ0v) is 15.3. The van der Waals surface area contributed by atoms with E-state index in [2.05, 4.69) is 15.3 Å². The molecule has 2 heterocycles. The lowest BCUT2D eigenvalue weighted by Crippen LogP contribution is -2.12. The number of nitrogens with one attached hydrogen (secondary N) is 2. The molecule has 4 rings (SSSR count). The Morgan fingerprint density at radius 3 is 2.45 bits per heavy atom. The highest BCUT2D eigenvalue weighted by Crippen LogP contribution is 2.31. The van der Waals surface area contributed by atoms with Gasteiger partial charge in [-0.2, -0.15) is 0 Å². The Balaban J connectivity index is 1.61. The van der Waals surface area contributed by atoms with E-state index in [0.717, 1.165) is 34.7 Å². The van der Waals surface area contributed by atoms with E-state index in [9.17, 15) is 25.0 Å². The topological polar surface area (TPSA) is 144 Å². The quantitative estimate of drug-likeness (QED) is 0.370. The Hall–Kier alpha value is -4.12. The molecule has 0 saturated heterocycles. The predicted molar refractivity (Wildman–Crippen MR) is 107 cm³/mol. The second-order valence-corrected chi connectivity index (χ2v) is 6.85.